The molecule has 3 heteroatoms. The van der Waals surface area contributed by atoms with E-state index in [2.05, 4.69) is 16.6 Å². The van der Waals surface area contributed by atoms with Crippen molar-refractivity contribution < 1.29 is 9.53 Å². The maximum atomic E-state index is 11.1. The van der Waals surface area contributed by atoms with E-state index in [0.717, 1.165) is 11.1 Å². The van der Waals surface area contributed by atoms with Crippen molar-refractivity contribution >= 4 is 17.6 Å². The predicted molar refractivity (Wildman–Crippen MR) is 59.8 cm³/mol. The molecule has 0 N–H and O–H groups in total. The summed E-state index contributed by atoms with van der Waals surface area (Å²) in [7, 11) is 1.37. The third-order valence-electron chi connectivity index (χ3n) is 1.87. The molecule has 0 spiro atoms. The number of methoxy groups -OCH3 is 1. The molecule has 0 heterocycles. The van der Waals surface area contributed by atoms with Crippen LogP contribution in [0.3, 0.4) is 0 Å². The van der Waals surface area contributed by atoms with Gasteiger partial charge in [-0.05, 0) is 11.6 Å². The third kappa shape index (κ3) is 3.65. The van der Waals surface area contributed by atoms with Gasteiger partial charge < -0.3 is 4.74 Å². The van der Waals surface area contributed by atoms with Gasteiger partial charge in [0.15, 0.2) is 0 Å². The Labute approximate surface area is 94.2 Å². The second-order valence-corrected chi connectivity index (χ2v) is 3.11. The summed E-state index contributed by atoms with van der Waals surface area (Å²) in [5, 5.41) is 0. The van der Waals surface area contributed by atoms with E-state index in [9.17, 15) is 4.79 Å². The molecule has 0 aromatic heterocycles. The molecule has 0 aliphatic rings. The maximum Gasteiger partial charge on any atom is 0.310 e. The van der Waals surface area contributed by atoms with Crippen LogP contribution < -0.4 is 0 Å². The van der Waals surface area contributed by atoms with E-state index in [-0.39, 0.29) is 18.3 Å². The van der Waals surface area contributed by atoms with Crippen LogP contribution in [0.5, 0.6) is 0 Å². The van der Waals surface area contributed by atoms with Gasteiger partial charge in [0.1, 0.15) is 0 Å². The molecule has 1 aromatic carbocycles. The first-order valence-corrected chi connectivity index (χ1v) is 5.01. The Hall–Kier alpha value is -1.46. The van der Waals surface area contributed by atoms with E-state index in [4.69, 9.17) is 11.6 Å². The van der Waals surface area contributed by atoms with Crippen molar-refractivity contribution in [3.8, 4) is 11.8 Å². The Morgan fingerprint density at radius 3 is 2.87 bits per heavy atom. The van der Waals surface area contributed by atoms with Gasteiger partial charge in [0.2, 0.25) is 0 Å². The number of rotatable bonds is 2. The lowest BCUT2D eigenvalue weighted by Gasteiger charge is -2.02. The lowest BCUT2D eigenvalue weighted by molar-refractivity contribution is -0.139. The third-order valence-corrected chi connectivity index (χ3v) is 2.00. The standard InChI is InChI=1S/C12H11ClO2/c1-15-12(14)9-11-6-3-2-5-10(11)7-4-8-13/h2-3,5-6H,8-9H2,1H3. The summed E-state index contributed by atoms with van der Waals surface area (Å²) in [6.07, 6.45) is 0.240. The van der Waals surface area contributed by atoms with Gasteiger partial charge in [-0.2, -0.15) is 0 Å². The molecule has 0 saturated carbocycles. The summed E-state index contributed by atoms with van der Waals surface area (Å²) in [5.41, 5.74) is 1.69. The largest absolute Gasteiger partial charge is 0.469 e. The van der Waals surface area contributed by atoms with Gasteiger partial charge in [0.25, 0.3) is 0 Å². The van der Waals surface area contributed by atoms with E-state index < -0.39 is 0 Å². The van der Waals surface area contributed by atoms with E-state index >= 15 is 0 Å². The predicted octanol–water partition coefficient (Wildman–Crippen LogP) is 1.99. The first-order valence-electron chi connectivity index (χ1n) is 4.47. The summed E-state index contributed by atoms with van der Waals surface area (Å²) < 4.78 is 4.60. The van der Waals surface area contributed by atoms with Crippen molar-refractivity contribution in [3.63, 3.8) is 0 Å². The van der Waals surface area contributed by atoms with Gasteiger partial charge in [-0.1, -0.05) is 30.0 Å². The number of ether oxygens (including phenoxy) is 1. The fourth-order valence-corrected chi connectivity index (χ4v) is 1.22. The van der Waals surface area contributed by atoms with Gasteiger partial charge in [-0.25, -0.2) is 0 Å². The van der Waals surface area contributed by atoms with Crippen LogP contribution in [0.15, 0.2) is 24.3 Å². The van der Waals surface area contributed by atoms with Crippen LogP contribution in [0.25, 0.3) is 0 Å². The lowest BCUT2D eigenvalue weighted by Crippen LogP contribution is -2.05. The zero-order valence-corrected chi connectivity index (χ0v) is 9.17. The normalized spacial score (nSPS) is 8.93. The van der Waals surface area contributed by atoms with Crippen molar-refractivity contribution in [3.05, 3.63) is 35.4 Å². The number of hydrogen-bond donors (Lipinski definition) is 0. The molecular weight excluding hydrogens is 212 g/mol. The number of benzene rings is 1. The van der Waals surface area contributed by atoms with Crippen LogP contribution in [0.4, 0.5) is 0 Å². The molecule has 0 radical (unpaired) electrons. The molecule has 1 rings (SSSR count). The maximum absolute atomic E-state index is 11.1. The van der Waals surface area contributed by atoms with E-state index in [1.165, 1.54) is 7.11 Å². The van der Waals surface area contributed by atoms with Crippen LogP contribution in [0, 0.1) is 11.8 Å². The molecule has 0 saturated heterocycles. The second kappa shape index (κ2) is 6.10. The SMILES string of the molecule is COC(=O)Cc1ccccc1C#CCCl. The summed E-state index contributed by atoms with van der Waals surface area (Å²) >= 11 is 5.47. The van der Waals surface area contributed by atoms with Crippen molar-refractivity contribution in [1.82, 2.24) is 0 Å². The van der Waals surface area contributed by atoms with E-state index in [1.807, 2.05) is 24.3 Å². The van der Waals surface area contributed by atoms with E-state index in [1.54, 1.807) is 0 Å². The molecule has 0 bridgehead atoms. The highest BCUT2D eigenvalue weighted by Crippen LogP contribution is 2.08. The minimum Gasteiger partial charge on any atom is -0.469 e. The highest BCUT2D eigenvalue weighted by atomic mass is 35.5. The number of esters is 1. The molecule has 0 aliphatic heterocycles. The Kier molecular flexibility index (Phi) is 4.73. The number of alkyl halides is 1. The summed E-state index contributed by atoms with van der Waals surface area (Å²) in [6.45, 7) is 0. The number of hydrogen-bond acceptors (Lipinski definition) is 2. The zero-order valence-electron chi connectivity index (χ0n) is 8.42. The molecule has 0 atom stereocenters. The van der Waals surface area contributed by atoms with Crippen molar-refractivity contribution in [2.75, 3.05) is 13.0 Å². The summed E-state index contributed by atoms with van der Waals surface area (Å²) in [4.78, 5) is 11.1. The second-order valence-electron chi connectivity index (χ2n) is 2.85. The Morgan fingerprint density at radius 2 is 2.20 bits per heavy atom. The molecule has 0 fully saturated rings. The Morgan fingerprint density at radius 1 is 1.47 bits per heavy atom. The smallest absolute Gasteiger partial charge is 0.310 e. The van der Waals surface area contributed by atoms with Gasteiger partial charge in [0.05, 0.1) is 19.4 Å². The fourth-order valence-electron chi connectivity index (χ4n) is 1.15. The minimum atomic E-state index is -0.268. The van der Waals surface area contributed by atoms with Gasteiger partial charge in [-0.15, -0.1) is 11.6 Å². The van der Waals surface area contributed by atoms with Crippen molar-refractivity contribution in [2.24, 2.45) is 0 Å². The topological polar surface area (TPSA) is 26.3 Å². The monoisotopic (exact) mass is 222 g/mol. The van der Waals surface area contributed by atoms with Crippen molar-refractivity contribution in [1.29, 1.82) is 0 Å². The Balaban J connectivity index is 2.91. The average molecular weight is 223 g/mol. The molecule has 0 aliphatic carbocycles. The highest BCUT2D eigenvalue weighted by Gasteiger charge is 2.05. The van der Waals surface area contributed by atoms with Crippen LogP contribution in [-0.4, -0.2) is 19.0 Å². The van der Waals surface area contributed by atoms with E-state index in [0.29, 0.717) is 0 Å². The number of carbonyl (C=O) groups is 1. The van der Waals surface area contributed by atoms with Crippen LogP contribution in [0.2, 0.25) is 0 Å². The first kappa shape index (κ1) is 11.6. The van der Waals surface area contributed by atoms with Crippen LogP contribution >= 0.6 is 11.6 Å². The quantitative estimate of drug-likeness (QED) is 0.435. The first-order chi connectivity index (χ1) is 7.27. The van der Waals surface area contributed by atoms with Gasteiger partial charge >= 0.3 is 5.97 Å². The molecule has 15 heavy (non-hydrogen) atoms. The summed E-state index contributed by atoms with van der Waals surface area (Å²) in [5.74, 6) is 5.68. The molecule has 78 valence electrons. The fraction of sp³-hybridized carbons (Fsp3) is 0.250. The molecule has 0 unspecified atom stereocenters. The Bertz CT molecular complexity index is 402. The zero-order chi connectivity index (χ0) is 11.1. The van der Waals surface area contributed by atoms with Crippen LogP contribution in [0.1, 0.15) is 11.1 Å². The van der Waals surface area contributed by atoms with Crippen molar-refractivity contribution in [2.45, 2.75) is 6.42 Å². The van der Waals surface area contributed by atoms with Crippen LogP contribution in [-0.2, 0) is 16.0 Å². The number of carbonyl (C=O) groups excluding carboxylic acids is 1. The minimum absolute atomic E-state index is 0.240. The number of halogens is 1. The average Bonchev–Trinajstić information content (AvgIpc) is 2.28. The molecular formula is C12H11ClO2. The molecule has 2 nitrogen and oxygen atoms in total. The molecule has 0 amide bonds. The lowest BCUT2D eigenvalue weighted by atomic mass is 10.1. The molecule has 1 aromatic rings. The summed E-state index contributed by atoms with van der Waals surface area (Å²) in [6, 6.07) is 7.45. The highest BCUT2D eigenvalue weighted by molar-refractivity contribution is 6.19. The van der Waals surface area contributed by atoms with Gasteiger partial charge in [-0.3, -0.25) is 4.79 Å². The van der Waals surface area contributed by atoms with Gasteiger partial charge in [0, 0.05) is 5.56 Å².